The number of halogens is 1. The molecule has 0 spiro atoms. The molecule has 0 radical (unpaired) electrons. The fourth-order valence-corrected chi connectivity index (χ4v) is 0.642. The van der Waals surface area contributed by atoms with Crippen LogP contribution in [-0.2, 0) is 18.3 Å². The zero-order valence-electron chi connectivity index (χ0n) is 8.36. The van der Waals surface area contributed by atoms with E-state index in [0.717, 1.165) is 0 Å². The fraction of sp³-hybridized carbons (Fsp3) is 0.0833. The monoisotopic (exact) mass is 286 g/mol. The van der Waals surface area contributed by atoms with Crippen molar-refractivity contribution in [2.45, 2.75) is 6.92 Å². The van der Waals surface area contributed by atoms with Crippen molar-refractivity contribution >= 4 is 13.2 Å². The maximum Gasteiger partial charge on any atom is -0.172 e. The van der Waals surface area contributed by atoms with E-state index < -0.39 is 0 Å². The van der Waals surface area contributed by atoms with Crippen LogP contribution in [0.25, 0.3) is 0 Å². The molecule has 0 unspecified atom stereocenters. The minimum absolute atomic E-state index is 1.75. The summed E-state index contributed by atoms with van der Waals surface area (Å²) in [6.45, 7) is 5.00. The average molecular weight is 287 g/mol. The van der Waals surface area contributed by atoms with Crippen LogP contribution in [0, 0.1) is 6.92 Å². The molecule has 2 aromatic carbocycles. The van der Waals surface area contributed by atoms with Crippen LogP contribution in [-0.4, -0.2) is 0 Å². The van der Waals surface area contributed by atoms with Gasteiger partial charge in [0, 0.05) is 0 Å². The average Bonchev–Trinajstić information content (AvgIpc) is 3.01. The smallest absolute Gasteiger partial charge is 0.172 e. The molecule has 0 saturated carbocycles. The molecule has 0 nitrogen and oxygen atoms in total. The number of rotatable bonds is 0. The molecule has 0 saturated heterocycles. The van der Waals surface area contributed by atoms with Crippen LogP contribution in [0.3, 0.4) is 0 Å². The molecule has 0 N–H and O–H groups in total. The number of hydrogen-bond donors (Lipinski definition) is 0. The van der Waals surface area contributed by atoms with Gasteiger partial charge in [-0.05, 0) is 0 Å². The first-order valence-corrected chi connectivity index (χ1v) is 8.09. The van der Waals surface area contributed by atoms with Crippen molar-refractivity contribution in [2.75, 3.05) is 0 Å². The number of hydrogen-bond acceptors (Lipinski definition) is 0. The second-order valence-electron chi connectivity index (χ2n) is 1.92. The maximum absolute atomic E-state index is 3.25. The van der Waals surface area contributed by atoms with Gasteiger partial charge in [0.1, 0.15) is 0 Å². The van der Waals surface area contributed by atoms with Crippen molar-refractivity contribution < 1.29 is 18.3 Å². The Morgan fingerprint density at radius 2 is 1.00 bits per heavy atom. The van der Waals surface area contributed by atoms with Crippen molar-refractivity contribution in [2.24, 2.45) is 0 Å². The Bertz CT molecular complexity index is 150. The zero-order chi connectivity index (χ0) is 11.1. The van der Waals surface area contributed by atoms with Gasteiger partial charge in [-0.25, -0.2) is 24.3 Å². The van der Waals surface area contributed by atoms with Crippen LogP contribution in [0.15, 0.2) is 60.7 Å². The Morgan fingerprint density at radius 1 is 0.786 bits per heavy atom. The molecular weight excluding hydrogens is 272 g/mol. The van der Waals surface area contributed by atoms with Gasteiger partial charge in [-0.2, -0.15) is 43.3 Å². The summed E-state index contributed by atoms with van der Waals surface area (Å²) in [7, 11) is 0. The molecule has 2 heteroatoms. The van der Waals surface area contributed by atoms with Crippen molar-refractivity contribution in [1.82, 2.24) is 0 Å². The summed E-state index contributed by atoms with van der Waals surface area (Å²) in [5.41, 5.74) is 0. The predicted octanol–water partition coefficient (Wildman–Crippen LogP) is 4.49. The molecule has 0 fully saturated rings. The van der Waals surface area contributed by atoms with Crippen LogP contribution in [0.1, 0.15) is 6.92 Å². The van der Waals surface area contributed by atoms with E-state index in [1.165, 1.54) is 0 Å². The topological polar surface area (TPSA) is 0 Å². The molecule has 2 aromatic rings. The van der Waals surface area contributed by atoms with E-state index in [4.69, 9.17) is 0 Å². The van der Waals surface area contributed by atoms with Gasteiger partial charge in [0.05, 0.1) is 0 Å². The van der Waals surface area contributed by atoms with Gasteiger partial charge in [0.2, 0.25) is 0 Å². The third-order valence-corrected chi connectivity index (χ3v) is 1.11. The first kappa shape index (κ1) is 16.3. The summed E-state index contributed by atoms with van der Waals surface area (Å²) < 4.78 is 0. The maximum atomic E-state index is 3.25. The summed E-state index contributed by atoms with van der Waals surface area (Å²) in [5.74, 6) is 0. The fourth-order valence-electron chi connectivity index (χ4n) is 0.642. The molecule has 2 rings (SSSR count). The molecule has 0 aliphatic heterocycles. The van der Waals surface area contributed by atoms with Gasteiger partial charge in [-0.3, -0.25) is 0 Å². The molecular formula is C12H15BrTi. The Labute approximate surface area is 106 Å². The van der Waals surface area contributed by atoms with Gasteiger partial charge in [-0.15, -0.1) is 0 Å². The molecule has 0 bridgehead atoms. The third kappa shape index (κ3) is 14.4. The van der Waals surface area contributed by atoms with Crippen LogP contribution >= 0.6 is 13.2 Å². The summed E-state index contributed by atoms with van der Waals surface area (Å²) in [6, 6.07) is 20.0. The molecule has 0 atom stereocenters. The first-order chi connectivity index (χ1) is 7.00. The van der Waals surface area contributed by atoms with Gasteiger partial charge < -0.3 is 6.92 Å². The third-order valence-electron chi connectivity index (χ3n) is 1.11. The van der Waals surface area contributed by atoms with Gasteiger partial charge in [0.15, 0.2) is 0 Å². The van der Waals surface area contributed by atoms with Crippen molar-refractivity contribution in [3.63, 3.8) is 0 Å². The molecule has 0 heterocycles. The van der Waals surface area contributed by atoms with Crippen LogP contribution in [0.5, 0.6) is 0 Å². The first-order valence-electron chi connectivity index (χ1n) is 4.23. The Hall–Kier alpha value is -0.106. The van der Waals surface area contributed by atoms with E-state index in [-0.39, 0.29) is 0 Å². The van der Waals surface area contributed by atoms with Gasteiger partial charge in [-0.1, -0.05) is 0 Å². The Morgan fingerprint density at radius 3 is 1.07 bits per heavy atom. The summed E-state index contributed by atoms with van der Waals surface area (Å²) in [6.07, 6.45) is 0. The molecule has 0 aromatic heterocycles. The van der Waals surface area contributed by atoms with Gasteiger partial charge >= 0.3 is 31.5 Å². The van der Waals surface area contributed by atoms with E-state index in [1.54, 1.807) is 6.92 Å². The normalized spacial score (nSPS) is 6.64. The second-order valence-corrected chi connectivity index (χ2v) is 1.92. The van der Waals surface area contributed by atoms with Crippen molar-refractivity contribution in [3.8, 4) is 0 Å². The van der Waals surface area contributed by atoms with Crippen LogP contribution in [0.2, 0.25) is 0 Å². The minimum atomic E-state index is 1.75. The Kier molecular flexibility index (Phi) is 21.7. The quantitative estimate of drug-likeness (QED) is 0.494. The van der Waals surface area contributed by atoms with E-state index in [2.05, 4.69) is 20.1 Å². The zero-order valence-corrected chi connectivity index (χ0v) is 11.5. The second kappa shape index (κ2) is 18.6. The SMILES string of the molecule is [CH2-]C.[Ti+3][Br].c1cc[cH-]c1.c1cc[cH-]c1. The van der Waals surface area contributed by atoms with E-state index in [0.29, 0.717) is 0 Å². The minimum Gasteiger partial charge on any atom is -0.214 e. The van der Waals surface area contributed by atoms with E-state index in [1.807, 2.05) is 79.0 Å². The van der Waals surface area contributed by atoms with Crippen molar-refractivity contribution in [1.29, 1.82) is 0 Å². The summed E-state index contributed by atoms with van der Waals surface area (Å²) >= 11 is 4.75. The van der Waals surface area contributed by atoms with E-state index >= 15 is 0 Å². The van der Waals surface area contributed by atoms with Crippen LogP contribution < -0.4 is 0 Å². The summed E-state index contributed by atoms with van der Waals surface area (Å²) in [4.78, 5) is 0. The standard InChI is InChI=1S/2C5H5.C2H5.BrH.Ti/c2*1-2-4-5-3-1;1-2;;/h2*1-5H;1H2,2H3;1H;/q3*-1;;+4/p-1. The predicted molar refractivity (Wildman–Crippen MR) is 64.0 cm³/mol. The van der Waals surface area contributed by atoms with Gasteiger partial charge in [0.25, 0.3) is 0 Å². The molecule has 0 amide bonds. The van der Waals surface area contributed by atoms with E-state index in [9.17, 15) is 0 Å². The molecule has 14 heavy (non-hydrogen) atoms. The molecule has 0 aliphatic rings. The Balaban J connectivity index is 0. The molecule has 0 aliphatic carbocycles. The van der Waals surface area contributed by atoms with Crippen LogP contribution in [0.4, 0.5) is 0 Å². The molecule has 74 valence electrons. The van der Waals surface area contributed by atoms with Crippen molar-refractivity contribution in [3.05, 3.63) is 67.6 Å². The largest absolute Gasteiger partial charge is 0.214 e. The summed E-state index contributed by atoms with van der Waals surface area (Å²) in [5, 5.41) is 0.